The molecule has 0 saturated heterocycles. The van der Waals surface area contributed by atoms with E-state index in [1.165, 1.54) is 50.3 Å². The summed E-state index contributed by atoms with van der Waals surface area (Å²) in [5.74, 6) is 0.933. The fourth-order valence-electron chi connectivity index (χ4n) is 5.14. The Morgan fingerprint density at radius 1 is 0.765 bits per heavy atom. The molecular weight excluding hydrogens is 436 g/mol. The number of fused-ring (bicyclic) bond motifs is 1. The molecule has 180 valence electrons. The summed E-state index contributed by atoms with van der Waals surface area (Å²) in [6.45, 7) is 16.0. The molecule has 0 bridgehead atoms. The number of aromatic nitrogens is 2. The van der Waals surface area contributed by atoms with Crippen LogP contribution in [0.2, 0.25) is 0 Å². The van der Waals surface area contributed by atoms with Crippen LogP contribution in [-0.2, 0) is 19.3 Å². The average molecular weight is 475 g/mol. The normalized spacial score (nSPS) is 11.4. The number of rotatable bonds is 7. The molecule has 0 atom stereocenters. The molecule has 0 aliphatic rings. The molecule has 0 fully saturated rings. The van der Waals surface area contributed by atoms with Crippen molar-refractivity contribution in [2.24, 2.45) is 0 Å². The van der Waals surface area contributed by atoms with Crippen LogP contribution in [0.15, 0.2) is 61.1 Å². The monoisotopic (exact) mass is 474 g/mol. The second kappa shape index (κ2) is 10.8. The fourth-order valence-corrected chi connectivity index (χ4v) is 5.14. The molecule has 0 N–H and O–H groups in total. The van der Waals surface area contributed by atoms with Crippen LogP contribution in [0.1, 0.15) is 88.1 Å². The molecule has 34 heavy (non-hydrogen) atoms. The summed E-state index contributed by atoms with van der Waals surface area (Å²) >= 11 is 0. The van der Waals surface area contributed by atoms with Crippen molar-refractivity contribution in [1.29, 1.82) is 0 Å². The van der Waals surface area contributed by atoms with Gasteiger partial charge in [-0.25, -0.2) is 4.57 Å². The SMILES string of the molecule is CCc1cc(CC)c(-c2cccc3c[n+](-c4c(C(C)C)cccc4C(C)C)cn23)c(CC)c1.[Cl-]. The highest BCUT2D eigenvalue weighted by molar-refractivity contribution is 5.72. The summed E-state index contributed by atoms with van der Waals surface area (Å²) < 4.78 is 4.75. The highest BCUT2D eigenvalue weighted by Crippen LogP contribution is 2.32. The average Bonchev–Trinajstić information content (AvgIpc) is 3.26. The van der Waals surface area contributed by atoms with Crippen molar-refractivity contribution in [2.45, 2.75) is 79.6 Å². The van der Waals surface area contributed by atoms with Gasteiger partial charge < -0.3 is 12.4 Å². The smallest absolute Gasteiger partial charge is 0.254 e. The first kappa shape index (κ1) is 26.0. The number of imidazole rings is 1. The zero-order valence-electron chi connectivity index (χ0n) is 21.8. The van der Waals surface area contributed by atoms with Gasteiger partial charge in [0.1, 0.15) is 17.6 Å². The summed E-state index contributed by atoms with van der Waals surface area (Å²) in [5, 5.41) is 0. The van der Waals surface area contributed by atoms with Crippen molar-refractivity contribution >= 4 is 5.52 Å². The van der Waals surface area contributed by atoms with Gasteiger partial charge in [0.25, 0.3) is 6.33 Å². The van der Waals surface area contributed by atoms with Gasteiger partial charge in [-0.1, -0.05) is 84.9 Å². The predicted octanol–water partition coefficient (Wildman–Crippen LogP) is 4.82. The van der Waals surface area contributed by atoms with Crippen LogP contribution >= 0.6 is 0 Å². The number of nitrogens with zero attached hydrogens (tertiary/aromatic N) is 2. The molecule has 4 rings (SSSR count). The molecular formula is C31H39ClN2. The zero-order valence-corrected chi connectivity index (χ0v) is 22.6. The lowest BCUT2D eigenvalue weighted by Gasteiger charge is -2.16. The van der Waals surface area contributed by atoms with Gasteiger partial charge in [-0.05, 0) is 59.9 Å². The quantitative estimate of drug-likeness (QED) is 0.339. The first-order valence-electron chi connectivity index (χ1n) is 12.7. The number of benzene rings is 2. The van der Waals surface area contributed by atoms with E-state index in [9.17, 15) is 0 Å². The highest BCUT2D eigenvalue weighted by atomic mass is 35.5. The Labute approximate surface area is 212 Å². The van der Waals surface area contributed by atoms with Gasteiger partial charge in [-0.2, -0.15) is 4.40 Å². The van der Waals surface area contributed by atoms with Crippen molar-refractivity contribution in [3.05, 3.63) is 88.9 Å². The Kier molecular flexibility index (Phi) is 8.25. The highest BCUT2D eigenvalue weighted by Gasteiger charge is 2.23. The molecule has 0 unspecified atom stereocenters. The van der Waals surface area contributed by atoms with Gasteiger partial charge in [0.15, 0.2) is 5.52 Å². The number of para-hydroxylation sites is 1. The molecule has 0 aliphatic heterocycles. The van der Waals surface area contributed by atoms with Crippen molar-refractivity contribution in [3.8, 4) is 16.9 Å². The maximum Gasteiger partial charge on any atom is 0.254 e. The third kappa shape index (κ3) is 4.66. The molecule has 2 aromatic carbocycles. The molecule has 2 heterocycles. The van der Waals surface area contributed by atoms with E-state index in [0.29, 0.717) is 11.8 Å². The molecule has 0 spiro atoms. The van der Waals surface area contributed by atoms with Crippen LogP contribution in [0.5, 0.6) is 0 Å². The molecule has 2 aromatic heterocycles. The molecule has 0 radical (unpaired) electrons. The van der Waals surface area contributed by atoms with E-state index in [-0.39, 0.29) is 12.4 Å². The van der Waals surface area contributed by atoms with E-state index in [1.807, 2.05) is 0 Å². The Bertz CT molecular complexity index is 1230. The third-order valence-electron chi connectivity index (χ3n) is 6.96. The topological polar surface area (TPSA) is 8.29 Å². The van der Waals surface area contributed by atoms with Crippen LogP contribution in [0.25, 0.3) is 22.5 Å². The van der Waals surface area contributed by atoms with E-state index in [2.05, 4.69) is 118 Å². The Balaban J connectivity index is 0.00000324. The van der Waals surface area contributed by atoms with E-state index in [1.54, 1.807) is 0 Å². The summed E-state index contributed by atoms with van der Waals surface area (Å²) in [6, 6.07) is 18.3. The minimum atomic E-state index is 0. The maximum atomic E-state index is 2.41. The lowest BCUT2D eigenvalue weighted by Crippen LogP contribution is -3.00. The van der Waals surface area contributed by atoms with Gasteiger partial charge in [0.2, 0.25) is 0 Å². The maximum absolute atomic E-state index is 2.41. The molecule has 2 nitrogen and oxygen atoms in total. The number of hydrogen-bond donors (Lipinski definition) is 0. The zero-order chi connectivity index (χ0) is 23.7. The Hall–Kier alpha value is -2.58. The van der Waals surface area contributed by atoms with Gasteiger partial charge >= 0.3 is 0 Å². The van der Waals surface area contributed by atoms with Gasteiger partial charge in [-0.15, -0.1) is 0 Å². The first-order valence-corrected chi connectivity index (χ1v) is 12.7. The van der Waals surface area contributed by atoms with Crippen LogP contribution in [0.3, 0.4) is 0 Å². The molecule has 0 saturated carbocycles. The Morgan fingerprint density at radius 2 is 1.32 bits per heavy atom. The summed E-state index contributed by atoms with van der Waals surface area (Å²) in [4.78, 5) is 0. The minimum absolute atomic E-state index is 0. The summed E-state index contributed by atoms with van der Waals surface area (Å²) in [5.41, 5.74) is 12.4. The van der Waals surface area contributed by atoms with Crippen LogP contribution in [0.4, 0.5) is 0 Å². The number of hydrogen-bond acceptors (Lipinski definition) is 0. The fraction of sp³-hybridized carbons (Fsp3) is 0.387. The molecule has 0 amide bonds. The standard InChI is InChI=1S/C31H39N2.ClH/c1-8-23-17-24(9-2)30(25(10-3)18-23)29-16-11-13-26-19-32(20-33(26)29)31-27(21(4)5)14-12-15-28(31)22(6)7;/h11-22H,8-10H2,1-7H3;1H/q+1;/p-1. The lowest BCUT2D eigenvalue weighted by molar-refractivity contribution is -0.595. The molecule has 4 aromatic rings. The largest absolute Gasteiger partial charge is 1.00 e. The van der Waals surface area contributed by atoms with E-state index >= 15 is 0 Å². The van der Waals surface area contributed by atoms with E-state index in [0.717, 1.165) is 19.3 Å². The Morgan fingerprint density at radius 3 is 1.82 bits per heavy atom. The van der Waals surface area contributed by atoms with Crippen molar-refractivity contribution in [3.63, 3.8) is 0 Å². The van der Waals surface area contributed by atoms with Crippen LogP contribution in [-0.4, -0.2) is 4.40 Å². The van der Waals surface area contributed by atoms with Gasteiger partial charge in [0, 0.05) is 16.7 Å². The molecule has 3 heteroatoms. The predicted molar refractivity (Wildman–Crippen MR) is 141 cm³/mol. The molecule has 0 aliphatic carbocycles. The summed E-state index contributed by atoms with van der Waals surface area (Å²) in [7, 11) is 0. The first-order chi connectivity index (χ1) is 15.9. The third-order valence-corrected chi connectivity index (χ3v) is 6.96. The van der Waals surface area contributed by atoms with Crippen molar-refractivity contribution < 1.29 is 17.0 Å². The number of aryl methyl sites for hydroxylation is 3. The number of pyridine rings is 1. The van der Waals surface area contributed by atoms with E-state index < -0.39 is 0 Å². The van der Waals surface area contributed by atoms with E-state index in [4.69, 9.17) is 0 Å². The van der Waals surface area contributed by atoms with Gasteiger partial charge in [0.05, 0.1) is 0 Å². The van der Waals surface area contributed by atoms with Gasteiger partial charge in [-0.3, -0.25) is 0 Å². The second-order valence-electron chi connectivity index (χ2n) is 9.80. The minimum Gasteiger partial charge on any atom is -1.00 e. The lowest BCUT2D eigenvalue weighted by atomic mass is 9.91. The van der Waals surface area contributed by atoms with Crippen LogP contribution < -0.4 is 17.0 Å². The van der Waals surface area contributed by atoms with Crippen molar-refractivity contribution in [1.82, 2.24) is 4.40 Å². The number of halogens is 1. The second-order valence-corrected chi connectivity index (χ2v) is 9.80. The summed E-state index contributed by atoms with van der Waals surface area (Å²) in [6.07, 6.45) is 7.76. The van der Waals surface area contributed by atoms with Crippen molar-refractivity contribution in [2.75, 3.05) is 0 Å². The van der Waals surface area contributed by atoms with Crippen LogP contribution in [0, 0.1) is 0 Å².